The highest BCUT2D eigenvalue weighted by atomic mass is 19.4. The maximum absolute atomic E-state index is 13.3. The summed E-state index contributed by atoms with van der Waals surface area (Å²) in [6.07, 6.45) is -3.44. The van der Waals surface area contributed by atoms with Crippen LogP contribution in [0.3, 0.4) is 0 Å². The SMILES string of the molecule is C[C@H]1Cn2nc(N3CCOCC3)cc2-c2cnc([C@@](C)(O)C(F)(F)F)n21. The van der Waals surface area contributed by atoms with Crippen molar-refractivity contribution < 1.29 is 23.0 Å². The van der Waals surface area contributed by atoms with Crippen molar-refractivity contribution in [3.8, 4) is 11.4 Å². The van der Waals surface area contributed by atoms with E-state index in [1.807, 2.05) is 6.07 Å². The number of halogens is 3. The molecule has 0 radical (unpaired) electrons. The van der Waals surface area contributed by atoms with Crippen LogP contribution in [-0.2, 0) is 16.9 Å². The van der Waals surface area contributed by atoms with Crippen LogP contribution in [0.5, 0.6) is 0 Å². The van der Waals surface area contributed by atoms with Gasteiger partial charge in [0.15, 0.2) is 11.6 Å². The van der Waals surface area contributed by atoms with Gasteiger partial charge in [0.25, 0.3) is 0 Å². The number of rotatable bonds is 2. The van der Waals surface area contributed by atoms with Crippen molar-refractivity contribution in [2.45, 2.75) is 38.2 Å². The number of alkyl halides is 3. The number of ether oxygens (including phenoxy) is 1. The summed E-state index contributed by atoms with van der Waals surface area (Å²) in [5, 5.41) is 14.7. The number of anilines is 1. The van der Waals surface area contributed by atoms with E-state index < -0.39 is 17.6 Å². The Bertz CT molecular complexity index is 820. The summed E-state index contributed by atoms with van der Waals surface area (Å²) < 4.78 is 48.5. The number of morpholine rings is 1. The van der Waals surface area contributed by atoms with Crippen LogP contribution in [0.2, 0.25) is 0 Å². The van der Waals surface area contributed by atoms with Gasteiger partial charge in [0.05, 0.1) is 43.4 Å². The fraction of sp³-hybridized carbons (Fsp3) is 0.625. The molecule has 142 valence electrons. The molecule has 2 aliphatic rings. The lowest BCUT2D eigenvalue weighted by atomic mass is 10.0. The topological polar surface area (TPSA) is 68.3 Å². The molecule has 0 spiro atoms. The first-order chi connectivity index (χ1) is 12.2. The number of aromatic nitrogens is 4. The van der Waals surface area contributed by atoms with E-state index in [1.165, 1.54) is 10.8 Å². The molecule has 1 N–H and O–H groups in total. The number of aliphatic hydroxyl groups is 1. The fourth-order valence-electron chi connectivity index (χ4n) is 3.51. The Hall–Kier alpha value is -2.07. The van der Waals surface area contributed by atoms with E-state index in [2.05, 4.69) is 15.0 Å². The Balaban J connectivity index is 1.77. The van der Waals surface area contributed by atoms with Gasteiger partial charge in [-0.3, -0.25) is 4.68 Å². The van der Waals surface area contributed by atoms with E-state index in [9.17, 15) is 18.3 Å². The van der Waals surface area contributed by atoms with Gasteiger partial charge in [0, 0.05) is 19.2 Å². The van der Waals surface area contributed by atoms with Crippen LogP contribution in [0.1, 0.15) is 25.7 Å². The second kappa shape index (κ2) is 5.71. The van der Waals surface area contributed by atoms with Gasteiger partial charge in [-0.2, -0.15) is 18.3 Å². The summed E-state index contributed by atoms with van der Waals surface area (Å²) in [6, 6.07) is 1.54. The summed E-state index contributed by atoms with van der Waals surface area (Å²) >= 11 is 0. The van der Waals surface area contributed by atoms with Crippen LogP contribution < -0.4 is 4.90 Å². The maximum atomic E-state index is 13.3. The van der Waals surface area contributed by atoms with Gasteiger partial charge in [-0.05, 0) is 13.8 Å². The number of hydrogen-bond donors (Lipinski definition) is 1. The minimum atomic E-state index is -4.81. The summed E-state index contributed by atoms with van der Waals surface area (Å²) in [5.74, 6) is 0.377. The molecule has 0 bridgehead atoms. The second-order valence-electron chi connectivity index (χ2n) is 6.93. The zero-order valence-corrected chi connectivity index (χ0v) is 14.5. The minimum Gasteiger partial charge on any atom is -0.378 e. The van der Waals surface area contributed by atoms with E-state index in [1.54, 1.807) is 11.6 Å². The Morgan fingerprint density at radius 1 is 1.23 bits per heavy atom. The van der Waals surface area contributed by atoms with Crippen molar-refractivity contribution in [3.63, 3.8) is 0 Å². The van der Waals surface area contributed by atoms with Gasteiger partial charge in [-0.1, -0.05) is 0 Å². The molecule has 7 nitrogen and oxygen atoms in total. The van der Waals surface area contributed by atoms with Crippen LogP contribution in [0, 0.1) is 0 Å². The minimum absolute atomic E-state index is 0.318. The number of fused-ring (bicyclic) bond motifs is 3. The van der Waals surface area contributed by atoms with Gasteiger partial charge in [-0.15, -0.1) is 0 Å². The van der Waals surface area contributed by atoms with Crippen molar-refractivity contribution in [1.29, 1.82) is 0 Å². The average Bonchev–Trinajstić information content (AvgIpc) is 3.19. The molecule has 10 heteroatoms. The highest BCUT2D eigenvalue weighted by Gasteiger charge is 2.55. The first-order valence-electron chi connectivity index (χ1n) is 8.48. The molecule has 0 aliphatic carbocycles. The second-order valence-corrected chi connectivity index (χ2v) is 6.93. The molecule has 1 saturated heterocycles. The lowest BCUT2D eigenvalue weighted by molar-refractivity contribution is -0.262. The van der Waals surface area contributed by atoms with E-state index in [0.717, 1.165) is 25.8 Å². The molecule has 2 aromatic heterocycles. The van der Waals surface area contributed by atoms with Crippen molar-refractivity contribution in [1.82, 2.24) is 19.3 Å². The molecule has 0 amide bonds. The fourth-order valence-corrected chi connectivity index (χ4v) is 3.51. The average molecular weight is 371 g/mol. The summed E-state index contributed by atoms with van der Waals surface area (Å²) in [7, 11) is 0. The molecule has 4 heterocycles. The number of nitrogens with zero attached hydrogens (tertiary/aromatic N) is 5. The van der Waals surface area contributed by atoms with Gasteiger partial charge in [-0.25, -0.2) is 4.98 Å². The molecule has 26 heavy (non-hydrogen) atoms. The van der Waals surface area contributed by atoms with E-state index in [0.29, 0.717) is 31.1 Å². The molecular formula is C16H20F3N5O2. The third-order valence-corrected chi connectivity index (χ3v) is 5.03. The normalized spacial score (nSPS) is 22.7. The number of hydrogen-bond acceptors (Lipinski definition) is 5. The molecule has 1 fully saturated rings. The van der Waals surface area contributed by atoms with E-state index in [-0.39, 0.29) is 6.04 Å². The van der Waals surface area contributed by atoms with E-state index >= 15 is 0 Å². The van der Waals surface area contributed by atoms with Crippen LogP contribution >= 0.6 is 0 Å². The Labute approximate surface area is 148 Å². The largest absolute Gasteiger partial charge is 0.424 e. The zero-order chi connectivity index (χ0) is 18.7. The smallest absolute Gasteiger partial charge is 0.378 e. The van der Waals surface area contributed by atoms with Gasteiger partial charge < -0.3 is 19.3 Å². The van der Waals surface area contributed by atoms with Crippen LogP contribution in [0.15, 0.2) is 12.3 Å². The van der Waals surface area contributed by atoms with E-state index in [4.69, 9.17) is 4.74 Å². The van der Waals surface area contributed by atoms with Gasteiger partial charge in [0.2, 0.25) is 5.60 Å². The molecule has 2 aromatic rings. The Morgan fingerprint density at radius 2 is 1.92 bits per heavy atom. The van der Waals surface area contributed by atoms with Crippen molar-refractivity contribution in [2.75, 3.05) is 31.2 Å². The monoisotopic (exact) mass is 371 g/mol. The Kier molecular flexibility index (Phi) is 3.81. The van der Waals surface area contributed by atoms with Crippen LogP contribution in [0.25, 0.3) is 11.4 Å². The summed E-state index contributed by atoms with van der Waals surface area (Å²) in [5.41, 5.74) is -1.80. The predicted molar refractivity (Wildman–Crippen MR) is 86.8 cm³/mol. The van der Waals surface area contributed by atoms with Crippen molar-refractivity contribution in [2.24, 2.45) is 0 Å². The maximum Gasteiger partial charge on any atom is 0.424 e. The lowest BCUT2D eigenvalue weighted by Crippen LogP contribution is -2.42. The molecule has 2 atom stereocenters. The quantitative estimate of drug-likeness (QED) is 0.874. The molecule has 0 aromatic carbocycles. The van der Waals surface area contributed by atoms with Crippen molar-refractivity contribution in [3.05, 3.63) is 18.1 Å². The van der Waals surface area contributed by atoms with Crippen LogP contribution in [0.4, 0.5) is 19.0 Å². The number of imidazole rings is 1. The predicted octanol–water partition coefficient (Wildman–Crippen LogP) is 1.93. The zero-order valence-electron chi connectivity index (χ0n) is 14.5. The first kappa shape index (κ1) is 17.3. The van der Waals surface area contributed by atoms with Crippen molar-refractivity contribution >= 4 is 5.82 Å². The molecule has 2 aliphatic heterocycles. The molecular weight excluding hydrogens is 351 g/mol. The van der Waals surface area contributed by atoms with Gasteiger partial charge >= 0.3 is 6.18 Å². The molecule has 4 rings (SSSR count). The highest BCUT2D eigenvalue weighted by molar-refractivity contribution is 5.62. The van der Waals surface area contributed by atoms with Crippen LogP contribution in [-0.4, -0.2) is 56.9 Å². The summed E-state index contributed by atoms with van der Waals surface area (Å²) in [4.78, 5) is 6.02. The summed E-state index contributed by atoms with van der Waals surface area (Å²) in [6.45, 7) is 5.62. The van der Waals surface area contributed by atoms with Gasteiger partial charge in [0.1, 0.15) is 0 Å². The Morgan fingerprint density at radius 3 is 2.58 bits per heavy atom. The first-order valence-corrected chi connectivity index (χ1v) is 8.48. The third-order valence-electron chi connectivity index (χ3n) is 5.03. The standard InChI is InChI=1S/C16H20F3N5O2/c1-10-9-23-11(7-13(21-23)22-3-5-26-6-4-22)12-8-20-14(24(10)12)15(2,25)16(17,18)19/h7-8,10,25H,3-6,9H2,1-2H3/t10-,15+/m0/s1. The lowest BCUT2D eigenvalue weighted by Gasteiger charge is -2.31. The third kappa shape index (κ3) is 2.50. The molecule has 0 unspecified atom stereocenters. The molecule has 0 saturated carbocycles. The highest BCUT2D eigenvalue weighted by Crippen LogP contribution is 2.42.